The molecular weight excluding hydrogens is 256 g/mol. The molecule has 0 spiro atoms. The maximum atomic E-state index is 12.0. The molecular formula is C16H16O2S. The van der Waals surface area contributed by atoms with E-state index in [-0.39, 0.29) is 11.5 Å². The minimum atomic E-state index is -1.16. The lowest BCUT2D eigenvalue weighted by atomic mass is 10.1. The highest BCUT2D eigenvalue weighted by Gasteiger charge is 2.15. The number of hydrogen-bond acceptors (Lipinski definition) is 2. The molecule has 0 bridgehead atoms. The van der Waals surface area contributed by atoms with Gasteiger partial charge in [-0.05, 0) is 18.1 Å². The number of rotatable bonds is 5. The molecule has 0 aliphatic heterocycles. The van der Waals surface area contributed by atoms with E-state index in [0.717, 1.165) is 11.1 Å². The molecule has 2 aromatic rings. The molecule has 0 N–H and O–H groups in total. The molecule has 0 aliphatic rings. The third-order valence-electron chi connectivity index (χ3n) is 2.84. The van der Waals surface area contributed by atoms with Gasteiger partial charge in [0, 0.05) is 11.1 Å². The monoisotopic (exact) mass is 272 g/mol. The lowest BCUT2D eigenvalue weighted by molar-refractivity contribution is 0.102. The standard InChI is InChI=1S/C16H16O2S/c1-13-7-9-15(10-8-13)16(17)12-19(18)11-14-5-3-2-4-6-14/h2-10H,11-12H2,1H3/t19-/m1/s1. The van der Waals surface area contributed by atoms with Gasteiger partial charge in [0.15, 0.2) is 5.75 Å². The second-order valence-corrected chi connectivity index (χ2v) is 5.96. The average molecular weight is 272 g/mol. The highest BCUT2D eigenvalue weighted by atomic mass is 32.2. The minimum absolute atomic E-state index is 0.0609. The van der Waals surface area contributed by atoms with Crippen LogP contribution in [0.5, 0.6) is 0 Å². The van der Waals surface area contributed by atoms with Crippen LogP contribution in [0.2, 0.25) is 0 Å². The van der Waals surface area contributed by atoms with Crippen molar-refractivity contribution in [3.05, 3.63) is 71.3 Å². The molecule has 19 heavy (non-hydrogen) atoms. The Labute approximate surface area is 116 Å². The molecule has 0 heterocycles. The van der Waals surface area contributed by atoms with E-state index >= 15 is 0 Å². The molecule has 0 radical (unpaired) electrons. The quantitative estimate of drug-likeness (QED) is 0.619. The Bertz CT molecular complexity index is 534. The van der Waals surface area contributed by atoms with E-state index in [9.17, 15) is 9.35 Å². The van der Waals surface area contributed by atoms with E-state index in [1.54, 1.807) is 12.1 Å². The van der Waals surface area contributed by atoms with Crippen LogP contribution < -0.4 is 0 Å². The largest absolute Gasteiger partial charge is 0.616 e. The molecule has 2 nitrogen and oxygen atoms in total. The Kier molecular flexibility index (Phi) is 4.77. The summed E-state index contributed by atoms with van der Waals surface area (Å²) < 4.78 is 12.0. The number of carbonyl (C=O) groups is 1. The van der Waals surface area contributed by atoms with Crippen LogP contribution in [0.1, 0.15) is 21.5 Å². The third kappa shape index (κ3) is 4.23. The number of carbonyl (C=O) groups excluding carboxylic acids is 1. The summed E-state index contributed by atoms with van der Waals surface area (Å²) in [4.78, 5) is 12.0. The second kappa shape index (κ2) is 6.55. The zero-order chi connectivity index (χ0) is 13.7. The molecule has 0 fully saturated rings. The van der Waals surface area contributed by atoms with Gasteiger partial charge in [0.05, 0.1) is 0 Å². The van der Waals surface area contributed by atoms with E-state index in [2.05, 4.69) is 0 Å². The molecule has 0 unspecified atom stereocenters. The van der Waals surface area contributed by atoms with Gasteiger partial charge in [-0.3, -0.25) is 4.79 Å². The van der Waals surface area contributed by atoms with Gasteiger partial charge in [-0.2, -0.15) is 0 Å². The fraction of sp³-hybridized carbons (Fsp3) is 0.188. The van der Waals surface area contributed by atoms with Gasteiger partial charge < -0.3 is 4.55 Å². The summed E-state index contributed by atoms with van der Waals surface area (Å²) in [5, 5.41) is 0. The maximum absolute atomic E-state index is 12.0. The second-order valence-electron chi connectivity index (χ2n) is 4.50. The van der Waals surface area contributed by atoms with Crippen molar-refractivity contribution in [2.75, 3.05) is 5.75 Å². The number of benzene rings is 2. The van der Waals surface area contributed by atoms with Crippen molar-refractivity contribution in [1.29, 1.82) is 0 Å². The van der Waals surface area contributed by atoms with Gasteiger partial charge in [-0.25, -0.2) is 0 Å². The minimum Gasteiger partial charge on any atom is -0.616 e. The van der Waals surface area contributed by atoms with Crippen LogP contribution in [0.25, 0.3) is 0 Å². The maximum Gasteiger partial charge on any atom is 0.211 e. The summed E-state index contributed by atoms with van der Waals surface area (Å²) in [6.45, 7) is 1.97. The Hall–Kier alpha value is -1.58. The molecule has 0 saturated carbocycles. The van der Waals surface area contributed by atoms with E-state index in [0.29, 0.717) is 11.3 Å². The molecule has 2 aromatic carbocycles. The van der Waals surface area contributed by atoms with Gasteiger partial charge in [0.1, 0.15) is 5.75 Å². The average Bonchev–Trinajstić information content (AvgIpc) is 2.40. The fourth-order valence-corrected chi connectivity index (χ4v) is 2.91. The van der Waals surface area contributed by atoms with Crippen molar-refractivity contribution in [3.8, 4) is 0 Å². The zero-order valence-corrected chi connectivity index (χ0v) is 11.7. The van der Waals surface area contributed by atoms with Crippen LogP contribution in [0, 0.1) is 6.92 Å². The predicted molar refractivity (Wildman–Crippen MR) is 78.7 cm³/mol. The summed E-state index contributed by atoms with van der Waals surface area (Å²) in [5.74, 6) is 0.449. The van der Waals surface area contributed by atoms with Gasteiger partial charge in [-0.15, -0.1) is 0 Å². The SMILES string of the molecule is Cc1ccc(C(=O)C[S@+]([O-])Cc2ccccc2)cc1. The lowest BCUT2D eigenvalue weighted by Gasteiger charge is -2.10. The first-order valence-corrected chi connectivity index (χ1v) is 7.63. The molecule has 3 heteroatoms. The van der Waals surface area contributed by atoms with Crippen LogP contribution in [0.3, 0.4) is 0 Å². The summed E-state index contributed by atoms with van der Waals surface area (Å²) in [7, 11) is 0. The molecule has 0 aromatic heterocycles. The number of aryl methyl sites for hydroxylation is 1. The summed E-state index contributed by atoms with van der Waals surface area (Å²) in [5.41, 5.74) is 2.74. The summed E-state index contributed by atoms with van der Waals surface area (Å²) in [6, 6.07) is 17.0. The lowest BCUT2D eigenvalue weighted by Crippen LogP contribution is -2.18. The Morgan fingerprint density at radius 2 is 1.68 bits per heavy atom. The van der Waals surface area contributed by atoms with Gasteiger partial charge >= 0.3 is 0 Å². The van der Waals surface area contributed by atoms with Crippen LogP contribution in [0.15, 0.2) is 54.6 Å². The number of Topliss-reactive ketones (excluding diaryl/α,β-unsaturated/α-hetero) is 1. The molecule has 0 saturated heterocycles. The van der Waals surface area contributed by atoms with Crippen molar-refractivity contribution >= 4 is 17.0 Å². The fourth-order valence-electron chi connectivity index (χ4n) is 1.78. The number of hydrogen-bond donors (Lipinski definition) is 0. The normalized spacial score (nSPS) is 12.1. The highest BCUT2D eigenvalue weighted by molar-refractivity contribution is 7.91. The molecule has 1 atom stereocenters. The first-order valence-electron chi connectivity index (χ1n) is 6.14. The summed E-state index contributed by atoms with van der Waals surface area (Å²) in [6.07, 6.45) is 0. The van der Waals surface area contributed by atoms with Crippen LogP contribution in [0.4, 0.5) is 0 Å². The topological polar surface area (TPSA) is 40.1 Å². The first-order chi connectivity index (χ1) is 9.15. The summed E-state index contributed by atoms with van der Waals surface area (Å²) >= 11 is -1.16. The third-order valence-corrected chi connectivity index (χ3v) is 4.08. The van der Waals surface area contributed by atoms with Gasteiger partial charge in [-0.1, -0.05) is 60.2 Å². The Morgan fingerprint density at radius 3 is 2.32 bits per heavy atom. The van der Waals surface area contributed by atoms with Crippen molar-refractivity contribution in [2.24, 2.45) is 0 Å². The Morgan fingerprint density at radius 1 is 1.05 bits per heavy atom. The molecule has 0 aliphatic carbocycles. The smallest absolute Gasteiger partial charge is 0.211 e. The van der Waals surface area contributed by atoms with Gasteiger partial charge in [0.25, 0.3) is 0 Å². The highest BCUT2D eigenvalue weighted by Crippen LogP contribution is 2.10. The van der Waals surface area contributed by atoms with E-state index in [1.807, 2.05) is 49.4 Å². The van der Waals surface area contributed by atoms with Crippen molar-refractivity contribution in [3.63, 3.8) is 0 Å². The van der Waals surface area contributed by atoms with E-state index in [4.69, 9.17) is 0 Å². The van der Waals surface area contributed by atoms with Crippen LogP contribution in [-0.4, -0.2) is 16.1 Å². The van der Waals surface area contributed by atoms with Crippen molar-refractivity contribution < 1.29 is 9.35 Å². The molecule has 0 amide bonds. The molecule has 98 valence electrons. The van der Waals surface area contributed by atoms with E-state index < -0.39 is 11.2 Å². The first kappa shape index (κ1) is 13.8. The van der Waals surface area contributed by atoms with Crippen LogP contribution >= 0.6 is 0 Å². The number of ketones is 1. The predicted octanol–water partition coefficient (Wildman–Crippen LogP) is 3.13. The zero-order valence-electron chi connectivity index (χ0n) is 10.8. The Balaban J connectivity index is 1.93. The van der Waals surface area contributed by atoms with Crippen LogP contribution in [-0.2, 0) is 16.9 Å². The molecule has 2 rings (SSSR count). The van der Waals surface area contributed by atoms with E-state index in [1.165, 1.54) is 0 Å². The van der Waals surface area contributed by atoms with Gasteiger partial charge in [0.2, 0.25) is 5.78 Å². The van der Waals surface area contributed by atoms with Crippen molar-refractivity contribution in [1.82, 2.24) is 0 Å². The van der Waals surface area contributed by atoms with Crippen molar-refractivity contribution in [2.45, 2.75) is 12.7 Å².